The van der Waals surface area contributed by atoms with E-state index in [-0.39, 0.29) is 23.4 Å². The topological polar surface area (TPSA) is 117 Å². The zero-order valence-electron chi connectivity index (χ0n) is 13.4. The Morgan fingerprint density at radius 1 is 1.50 bits per heavy atom. The Morgan fingerprint density at radius 3 is 2.96 bits per heavy atom. The fourth-order valence-corrected chi connectivity index (χ4v) is 3.18. The van der Waals surface area contributed by atoms with Crippen LogP contribution in [0.25, 0.3) is 0 Å². The second kappa shape index (κ2) is 6.26. The normalized spacial score (nSPS) is 17.1. The average molecular weight is 330 g/mol. The van der Waals surface area contributed by atoms with Crippen molar-refractivity contribution in [3.63, 3.8) is 0 Å². The number of rotatable bonds is 3. The van der Waals surface area contributed by atoms with Crippen molar-refractivity contribution in [1.82, 2.24) is 20.1 Å². The van der Waals surface area contributed by atoms with Crippen LogP contribution in [0, 0.1) is 24.0 Å². The number of likely N-dealkylation sites (tertiary alicyclic amines) is 1. The van der Waals surface area contributed by atoms with Gasteiger partial charge in [-0.15, -0.1) is 0 Å². The van der Waals surface area contributed by atoms with Crippen molar-refractivity contribution < 1.29 is 9.72 Å². The quantitative estimate of drug-likeness (QED) is 0.663. The third-order valence-corrected chi connectivity index (χ3v) is 4.27. The Hall–Kier alpha value is -2.97. The molecule has 3 heterocycles. The van der Waals surface area contributed by atoms with E-state index < -0.39 is 4.92 Å². The number of amides is 2. The number of H-pyrrole nitrogens is 1. The van der Waals surface area contributed by atoms with Gasteiger partial charge in [0, 0.05) is 24.0 Å². The van der Waals surface area contributed by atoms with Gasteiger partial charge < -0.3 is 10.2 Å². The Labute approximate surface area is 138 Å². The van der Waals surface area contributed by atoms with Gasteiger partial charge >= 0.3 is 11.7 Å². The molecule has 1 unspecified atom stereocenters. The van der Waals surface area contributed by atoms with E-state index in [1.807, 2.05) is 13.8 Å². The monoisotopic (exact) mass is 330 g/mol. The third kappa shape index (κ3) is 2.80. The summed E-state index contributed by atoms with van der Waals surface area (Å²) in [6.45, 7) is 4.43. The number of hydrogen-bond acceptors (Lipinski definition) is 5. The van der Waals surface area contributed by atoms with Crippen molar-refractivity contribution in [1.29, 1.82) is 0 Å². The first-order valence-corrected chi connectivity index (χ1v) is 7.66. The Kier molecular flexibility index (Phi) is 4.15. The van der Waals surface area contributed by atoms with E-state index in [0.29, 0.717) is 6.54 Å². The molecule has 2 N–H and O–H groups in total. The van der Waals surface area contributed by atoms with Crippen LogP contribution in [0.2, 0.25) is 0 Å². The zero-order chi connectivity index (χ0) is 17.3. The fourth-order valence-electron chi connectivity index (χ4n) is 3.18. The number of aromatic nitrogens is 3. The number of nitro groups is 1. The van der Waals surface area contributed by atoms with E-state index in [0.717, 1.165) is 36.0 Å². The average Bonchev–Trinajstić information content (AvgIpc) is 3.14. The Morgan fingerprint density at radius 2 is 2.29 bits per heavy atom. The number of aryl methyl sites for hydroxylation is 2. The highest BCUT2D eigenvalue weighted by Crippen LogP contribution is 2.35. The van der Waals surface area contributed by atoms with Crippen LogP contribution in [0.3, 0.4) is 0 Å². The summed E-state index contributed by atoms with van der Waals surface area (Å²) in [5.74, 6) is 0. The van der Waals surface area contributed by atoms with Gasteiger partial charge in [0.2, 0.25) is 0 Å². The molecule has 1 saturated heterocycles. The maximum absolute atomic E-state index is 12.7. The summed E-state index contributed by atoms with van der Waals surface area (Å²) in [5, 5.41) is 20.8. The van der Waals surface area contributed by atoms with Gasteiger partial charge in [-0.2, -0.15) is 5.10 Å². The molecular formula is C15H18N6O3. The van der Waals surface area contributed by atoms with Crippen molar-refractivity contribution in [2.24, 2.45) is 0 Å². The van der Waals surface area contributed by atoms with Gasteiger partial charge in [-0.1, -0.05) is 0 Å². The van der Waals surface area contributed by atoms with E-state index in [9.17, 15) is 14.9 Å². The number of carbonyl (C=O) groups excluding carboxylic acids is 1. The second-order valence-electron chi connectivity index (χ2n) is 5.78. The van der Waals surface area contributed by atoms with Crippen molar-refractivity contribution in [2.45, 2.75) is 32.7 Å². The van der Waals surface area contributed by atoms with E-state index >= 15 is 0 Å². The number of nitrogens with one attached hydrogen (secondary N) is 2. The molecule has 9 heteroatoms. The van der Waals surface area contributed by atoms with Crippen LogP contribution in [-0.2, 0) is 0 Å². The molecule has 0 aromatic carbocycles. The van der Waals surface area contributed by atoms with Gasteiger partial charge in [-0.3, -0.25) is 20.2 Å². The summed E-state index contributed by atoms with van der Waals surface area (Å²) >= 11 is 0. The standard InChI is InChI=1S/C15H18N6O3/c1-9-14(10(2)19-18-9)12-4-3-7-20(12)15(22)17-11-5-6-16-8-13(11)21(23)24/h5-6,8,12H,3-4,7H2,1-2H3,(H,18,19)(H,16,17,22). The highest BCUT2D eigenvalue weighted by atomic mass is 16.6. The van der Waals surface area contributed by atoms with Gasteiger partial charge in [-0.05, 0) is 32.8 Å². The van der Waals surface area contributed by atoms with Crippen LogP contribution < -0.4 is 5.32 Å². The molecule has 126 valence electrons. The molecule has 0 radical (unpaired) electrons. The number of carbonyl (C=O) groups is 1. The predicted molar refractivity (Wildman–Crippen MR) is 86.7 cm³/mol. The number of urea groups is 1. The molecule has 3 rings (SSSR count). The number of nitrogens with zero attached hydrogens (tertiary/aromatic N) is 4. The van der Waals surface area contributed by atoms with E-state index in [2.05, 4.69) is 20.5 Å². The van der Waals surface area contributed by atoms with Crippen LogP contribution in [-0.4, -0.2) is 37.6 Å². The van der Waals surface area contributed by atoms with E-state index in [4.69, 9.17) is 0 Å². The maximum Gasteiger partial charge on any atom is 0.322 e. The smallest absolute Gasteiger partial charge is 0.317 e. The second-order valence-corrected chi connectivity index (χ2v) is 5.78. The zero-order valence-corrected chi connectivity index (χ0v) is 13.4. The number of aromatic amines is 1. The maximum atomic E-state index is 12.7. The van der Waals surface area contributed by atoms with Crippen LogP contribution in [0.1, 0.15) is 35.8 Å². The first-order chi connectivity index (χ1) is 11.5. The summed E-state index contributed by atoms with van der Waals surface area (Å²) in [5.41, 5.74) is 2.75. The van der Waals surface area contributed by atoms with Crippen LogP contribution in [0.4, 0.5) is 16.2 Å². The Balaban J connectivity index is 1.84. The molecule has 2 aromatic heterocycles. The minimum absolute atomic E-state index is 0.0790. The van der Waals surface area contributed by atoms with Gasteiger partial charge in [0.1, 0.15) is 11.9 Å². The lowest BCUT2D eigenvalue weighted by atomic mass is 10.0. The van der Waals surface area contributed by atoms with Crippen molar-refractivity contribution in [3.8, 4) is 0 Å². The Bertz CT molecular complexity index is 768. The molecule has 2 aromatic rings. The highest BCUT2D eigenvalue weighted by molar-refractivity contribution is 5.92. The molecule has 1 fully saturated rings. The van der Waals surface area contributed by atoms with Gasteiger partial charge in [-0.25, -0.2) is 4.79 Å². The molecule has 0 saturated carbocycles. The van der Waals surface area contributed by atoms with Crippen LogP contribution in [0.15, 0.2) is 18.5 Å². The molecule has 24 heavy (non-hydrogen) atoms. The number of pyridine rings is 1. The molecule has 0 bridgehead atoms. The molecule has 0 spiro atoms. The summed E-state index contributed by atoms with van der Waals surface area (Å²) < 4.78 is 0. The molecular weight excluding hydrogens is 312 g/mol. The SMILES string of the molecule is Cc1n[nH]c(C)c1C1CCCN1C(=O)Nc1ccncc1[N+](=O)[O-]. The van der Waals surface area contributed by atoms with Gasteiger partial charge in [0.05, 0.1) is 16.7 Å². The molecule has 2 amide bonds. The number of anilines is 1. The largest absolute Gasteiger partial charge is 0.322 e. The molecule has 9 nitrogen and oxygen atoms in total. The third-order valence-electron chi connectivity index (χ3n) is 4.27. The van der Waals surface area contributed by atoms with E-state index in [1.54, 1.807) is 4.90 Å². The van der Waals surface area contributed by atoms with E-state index in [1.165, 1.54) is 12.3 Å². The first-order valence-electron chi connectivity index (χ1n) is 7.66. The number of hydrogen-bond donors (Lipinski definition) is 2. The first kappa shape index (κ1) is 15.9. The highest BCUT2D eigenvalue weighted by Gasteiger charge is 2.33. The molecule has 1 aliphatic heterocycles. The predicted octanol–water partition coefficient (Wildman–Crippen LogP) is 2.70. The summed E-state index contributed by atoms with van der Waals surface area (Å²) in [4.78, 5) is 28.6. The van der Waals surface area contributed by atoms with Crippen molar-refractivity contribution >= 4 is 17.4 Å². The van der Waals surface area contributed by atoms with Gasteiger partial charge in [0.15, 0.2) is 0 Å². The molecule has 1 atom stereocenters. The lowest BCUT2D eigenvalue weighted by Crippen LogP contribution is -2.35. The summed E-state index contributed by atoms with van der Waals surface area (Å²) in [7, 11) is 0. The van der Waals surface area contributed by atoms with Crippen LogP contribution >= 0.6 is 0 Å². The summed E-state index contributed by atoms with van der Waals surface area (Å²) in [6.07, 6.45) is 4.25. The minimum Gasteiger partial charge on any atom is -0.317 e. The fraction of sp³-hybridized carbons (Fsp3) is 0.400. The summed E-state index contributed by atoms with van der Waals surface area (Å²) in [6, 6.07) is 0.992. The van der Waals surface area contributed by atoms with Crippen LogP contribution in [0.5, 0.6) is 0 Å². The lowest BCUT2D eigenvalue weighted by molar-refractivity contribution is -0.384. The van der Waals surface area contributed by atoms with Crippen molar-refractivity contribution in [3.05, 3.63) is 45.5 Å². The van der Waals surface area contributed by atoms with Crippen molar-refractivity contribution in [2.75, 3.05) is 11.9 Å². The molecule has 0 aliphatic carbocycles. The molecule has 1 aliphatic rings. The van der Waals surface area contributed by atoms with Gasteiger partial charge in [0.25, 0.3) is 0 Å². The minimum atomic E-state index is -0.561. The lowest BCUT2D eigenvalue weighted by Gasteiger charge is -2.25.